The van der Waals surface area contributed by atoms with E-state index in [1.54, 1.807) is 25.3 Å². The molecule has 1 atom stereocenters. The minimum atomic E-state index is -0.665. The highest BCUT2D eigenvalue weighted by atomic mass is 19.1. The first-order valence-corrected chi connectivity index (χ1v) is 7.90. The van der Waals surface area contributed by atoms with Crippen molar-refractivity contribution in [2.75, 3.05) is 12.4 Å². The number of carbonyl (C=O) groups is 1. The molecule has 0 aliphatic heterocycles. The van der Waals surface area contributed by atoms with Gasteiger partial charge >= 0.3 is 6.03 Å². The highest BCUT2D eigenvalue weighted by molar-refractivity contribution is 5.90. The van der Waals surface area contributed by atoms with E-state index in [1.165, 1.54) is 11.9 Å². The molecule has 0 saturated carbocycles. The average molecular weight is 349 g/mol. The lowest BCUT2D eigenvalue weighted by Crippen LogP contribution is -2.34. The molecule has 5 nitrogen and oxygen atoms in total. The van der Waals surface area contributed by atoms with E-state index in [9.17, 15) is 13.6 Å². The van der Waals surface area contributed by atoms with Crippen LogP contribution in [0.25, 0.3) is 0 Å². The molecule has 1 aromatic heterocycles. The lowest BCUT2D eigenvalue weighted by molar-refractivity contribution is 0.206. The van der Waals surface area contributed by atoms with Crippen LogP contribution < -0.4 is 10.1 Å². The van der Waals surface area contributed by atoms with Crippen molar-refractivity contribution >= 4 is 11.7 Å². The molecular weight excluding hydrogens is 328 g/mol. The maximum absolute atomic E-state index is 13.9. The first kappa shape index (κ1) is 18.6. The number of hydrogen-bond acceptors (Lipinski definition) is 3. The molecule has 134 valence electrons. The predicted octanol–water partition coefficient (Wildman–Crippen LogP) is 4.37. The molecule has 0 aliphatic carbocycles. The Balaban J connectivity index is 2.16. The van der Waals surface area contributed by atoms with E-state index in [-0.39, 0.29) is 11.7 Å². The van der Waals surface area contributed by atoms with Crippen LogP contribution in [0.15, 0.2) is 36.5 Å². The molecule has 25 heavy (non-hydrogen) atoms. The summed E-state index contributed by atoms with van der Waals surface area (Å²) in [6.45, 7) is 5.31. The van der Waals surface area contributed by atoms with Crippen molar-refractivity contribution in [1.29, 1.82) is 0 Å². The second kappa shape index (κ2) is 7.92. The Morgan fingerprint density at radius 1 is 1.24 bits per heavy atom. The molecule has 2 aromatic rings. The summed E-state index contributed by atoms with van der Waals surface area (Å²) in [6.07, 6.45) is 1.45. The van der Waals surface area contributed by atoms with Gasteiger partial charge in [0.1, 0.15) is 17.3 Å². The van der Waals surface area contributed by atoms with Gasteiger partial charge in [-0.3, -0.25) is 0 Å². The largest absolute Gasteiger partial charge is 0.473 e. The third-order valence-corrected chi connectivity index (χ3v) is 3.67. The molecule has 0 aliphatic rings. The summed E-state index contributed by atoms with van der Waals surface area (Å²) in [5, 5.41) is 2.68. The summed E-state index contributed by atoms with van der Waals surface area (Å²) in [7, 11) is 1.50. The molecule has 7 heteroatoms. The first-order chi connectivity index (χ1) is 11.8. The van der Waals surface area contributed by atoms with Gasteiger partial charge in [-0.25, -0.2) is 18.6 Å². The number of ether oxygens (including phenoxy) is 1. The molecular formula is C18H21F2N3O2. The number of halogens is 2. The van der Waals surface area contributed by atoms with E-state index < -0.39 is 23.7 Å². The standard InChI is InChI=1S/C18H21F2N3O2/c1-11(2)25-17-16(6-5-9-21-17)22-18(24)23(4)12(3)14-10-13(19)7-8-15(14)20/h5-12H,1-4H3,(H,22,24). The van der Waals surface area contributed by atoms with Crippen LogP contribution in [0, 0.1) is 11.6 Å². The van der Waals surface area contributed by atoms with Crippen LogP contribution in [0.3, 0.4) is 0 Å². The topological polar surface area (TPSA) is 54.5 Å². The fourth-order valence-corrected chi connectivity index (χ4v) is 2.23. The van der Waals surface area contributed by atoms with Gasteiger partial charge in [0.25, 0.3) is 0 Å². The van der Waals surface area contributed by atoms with Gasteiger partial charge in [0, 0.05) is 18.8 Å². The van der Waals surface area contributed by atoms with Gasteiger partial charge < -0.3 is 15.0 Å². The number of urea groups is 1. The van der Waals surface area contributed by atoms with Crippen LogP contribution in [0.5, 0.6) is 5.88 Å². The average Bonchev–Trinajstić information content (AvgIpc) is 2.57. The molecule has 2 rings (SSSR count). The van der Waals surface area contributed by atoms with E-state index >= 15 is 0 Å². The summed E-state index contributed by atoms with van der Waals surface area (Å²) >= 11 is 0. The van der Waals surface area contributed by atoms with Crippen molar-refractivity contribution in [1.82, 2.24) is 9.88 Å². The molecule has 0 fully saturated rings. The molecule has 2 amide bonds. The number of pyridine rings is 1. The molecule has 0 spiro atoms. The van der Waals surface area contributed by atoms with Gasteiger partial charge in [-0.15, -0.1) is 0 Å². The molecule has 1 unspecified atom stereocenters. The van der Waals surface area contributed by atoms with Crippen molar-refractivity contribution in [3.8, 4) is 5.88 Å². The van der Waals surface area contributed by atoms with Crippen LogP contribution in [-0.2, 0) is 0 Å². The van der Waals surface area contributed by atoms with E-state index in [0.717, 1.165) is 18.2 Å². The number of nitrogens with zero attached hydrogens (tertiary/aromatic N) is 2. The maximum atomic E-state index is 13.9. The van der Waals surface area contributed by atoms with Crippen LogP contribution in [0.2, 0.25) is 0 Å². The second-order valence-electron chi connectivity index (χ2n) is 5.91. The highest BCUT2D eigenvalue weighted by Gasteiger charge is 2.22. The number of rotatable bonds is 5. The predicted molar refractivity (Wildman–Crippen MR) is 91.6 cm³/mol. The molecule has 1 heterocycles. The van der Waals surface area contributed by atoms with Crippen molar-refractivity contribution < 1.29 is 18.3 Å². The number of carbonyl (C=O) groups excluding carboxylic acids is 1. The van der Waals surface area contributed by atoms with E-state index in [0.29, 0.717) is 11.6 Å². The summed E-state index contributed by atoms with van der Waals surface area (Å²) in [6, 6.07) is 5.34. The lowest BCUT2D eigenvalue weighted by atomic mass is 10.1. The fraction of sp³-hybridized carbons (Fsp3) is 0.333. The molecule has 0 saturated heterocycles. The quantitative estimate of drug-likeness (QED) is 0.872. The van der Waals surface area contributed by atoms with E-state index in [2.05, 4.69) is 10.3 Å². The maximum Gasteiger partial charge on any atom is 0.322 e. The van der Waals surface area contributed by atoms with Crippen molar-refractivity contribution in [2.45, 2.75) is 32.9 Å². The number of aromatic nitrogens is 1. The summed E-state index contributed by atoms with van der Waals surface area (Å²) in [4.78, 5) is 17.9. The number of nitrogens with one attached hydrogen (secondary N) is 1. The minimum Gasteiger partial charge on any atom is -0.473 e. The molecule has 1 aromatic carbocycles. The normalized spacial score (nSPS) is 12.0. The SMILES string of the molecule is CC(C)Oc1ncccc1NC(=O)N(C)C(C)c1cc(F)ccc1F. The van der Waals surface area contributed by atoms with Crippen molar-refractivity contribution in [2.24, 2.45) is 0 Å². The Morgan fingerprint density at radius 2 is 1.96 bits per heavy atom. The Kier molecular flexibility index (Phi) is 5.90. The number of benzene rings is 1. The zero-order valence-corrected chi connectivity index (χ0v) is 14.6. The van der Waals surface area contributed by atoms with Gasteiger partial charge in [0.15, 0.2) is 0 Å². The van der Waals surface area contributed by atoms with Gasteiger partial charge in [-0.05, 0) is 51.1 Å². The number of amides is 2. The van der Waals surface area contributed by atoms with Gasteiger partial charge in [-0.2, -0.15) is 0 Å². The Bertz CT molecular complexity index is 753. The highest BCUT2D eigenvalue weighted by Crippen LogP contribution is 2.26. The van der Waals surface area contributed by atoms with E-state index in [4.69, 9.17) is 4.74 Å². The van der Waals surface area contributed by atoms with Crippen LogP contribution in [-0.4, -0.2) is 29.1 Å². The van der Waals surface area contributed by atoms with Crippen LogP contribution >= 0.6 is 0 Å². The van der Waals surface area contributed by atoms with Gasteiger partial charge in [0.2, 0.25) is 5.88 Å². The third kappa shape index (κ3) is 4.65. The smallest absolute Gasteiger partial charge is 0.322 e. The Morgan fingerprint density at radius 3 is 2.64 bits per heavy atom. The van der Waals surface area contributed by atoms with E-state index in [1.807, 2.05) is 13.8 Å². The summed E-state index contributed by atoms with van der Waals surface area (Å²) in [5.74, 6) is -0.834. The zero-order chi connectivity index (χ0) is 18.6. The number of hydrogen-bond donors (Lipinski definition) is 1. The lowest BCUT2D eigenvalue weighted by Gasteiger charge is -2.26. The molecule has 1 N–H and O–H groups in total. The molecule has 0 radical (unpaired) electrons. The number of anilines is 1. The third-order valence-electron chi connectivity index (χ3n) is 3.67. The van der Waals surface area contributed by atoms with Crippen molar-refractivity contribution in [3.05, 3.63) is 53.7 Å². The summed E-state index contributed by atoms with van der Waals surface area (Å²) in [5.41, 5.74) is 0.502. The fourth-order valence-electron chi connectivity index (χ4n) is 2.23. The Labute approximate surface area is 145 Å². The monoisotopic (exact) mass is 349 g/mol. The Hall–Kier alpha value is -2.70. The summed E-state index contributed by atoms with van der Waals surface area (Å²) < 4.78 is 32.9. The van der Waals surface area contributed by atoms with Crippen molar-refractivity contribution in [3.63, 3.8) is 0 Å². The van der Waals surface area contributed by atoms with Gasteiger partial charge in [0.05, 0.1) is 12.1 Å². The van der Waals surface area contributed by atoms with Crippen LogP contribution in [0.4, 0.5) is 19.3 Å². The first-order valence-electron chi connectivity index (χ1n) is 7.90. The van der Waals surface area contributed by atoms with Gasteiger partial charge in [-0.1, -0.05) is 0 Å². The van der Waals surface area contributed by atoms with Crippen LogP contribution in [0.1, 0.15) is 32.4 Å². The second-order valence-corrected chi connectivity index (χ2v) is 5.91. The minimum absolute atomic E-state index is 0.0995. The molecule has 0 bridgehead atoms. The zero-order valence-electron chi connectivity index (χ0n) is 14.6.